The summed E-state index contributed by atoms with van der Waals surface area (Å²) in [4.78, 5) is 17.4. The minimum atomic E-state index is -0.252. The number of nitrogens with zero attached hydrogens (tertiary/aromatic N) is 2. The van der Waals surface area contributed by atoms with Gasteiger partial charge in [0.05, 0.1) is 5.69 Å². The van der Waals surface area contributed by atoms with Gasteiger partial charge in [-0.3, -0.25) is 4.79 Å². The van der Waals surface area contributed by atoms with E-state index in [4.69, 9.17) is 9.47 Å². The molecule has 140 valence electrons. The first-order valence-corrected chi connectivity index (χ1v) is 9.77. The number of hydrogen-bond acceptors (Lipinski definition) is 5. The second-order valence-electron chi connectivity index (χ2n) is 6.87. The molecule has 1 atom stereocenters. The van der Waals surface area contributed by atoms with Crippen molar-refractivity contribution in [3.63, 3.8) is 0 Å². The molecule has 4 rings (SSSR count). The number of rotatable bonds is 6. The number of carbonyl (C=O) groups excluding carboxylic acids is 1. The Morgan fingerprint density at radius 1 is 1.26 bits per heavy atom. The lowest BCUT2D eigenvalue weighted by molar-refractivity contribution is -0.119. The third-order valence-electron chi connectivity index (χ3n) is 4.39. The summed E-state index contributed by atoms with van der Waals surface area (Å²) in [7, 11) is 0. The van der Waals surface area contributed by atoms with E-state index in [9.17, 15) is 4.79 Å². The van der Waals surface area contributed by atoms with Crippen LogP contribution in [-0.4, -0.2) is 22.3 Å². The molecular weight excluding hydrogens is 362 g/mol. The van der Waals surface area contributed by atoms with Crippen molar-refractivity contribution in [3.05, 3.63) is 48.1 Å². The highest BCUT2D eigenvalue weighted by Crippen LogP contribution is 2.36. The second kappa shape index (κ2) is 7.44. The number of ether oxygens (including phenoxy) is 2. The van der Waals surface area contributed by atoms with E-state index >= 15 is 0 Å². The van der Waals surface area contributed by atoms with Crippen LogP contribution in [0.3, 0.4) is 0 Å². The average Bonchev–Trinajstić information content (AvgIpc) is 3.39. The number of anilines is 1. The molecule has 0 bridgehead atoms. The molecule has 1 aliphatic heterocycles. The van der Waals surface area contributed by atoms with Gasteiger partial charge in [0.1, 0.15) is 6.04 Å². The van der Waals surface area contributed by atoms with Gasteiger partial charge in [-0.2, -0.15) is 0 Å². The lowest BCUT2D eigenvalue weighted by atomic mass is 10.0. The molecule has 7 heteroatoms. The maximum absolute atomic E-state index is 12.8. The molecular formula is C20H21N3O3S. The minimum Gasteiger partial charge on any atom is -0.454 e. The SMILES string of the molecule is CC(C)CC(C(=O)Nc1nc(-c2ccc3c(c2)OCO3)cs1)n1cccc1. The average molecular weight is 383 g/mol. The third-order valence-corrected chi connectivity index (χ3v) is 5.15. The standard InChI is InChI=1S/C20H21N3O3S/c1-13(2)9-16(23-7-3-4-8-23)19(24)22-20-21-15(11-27-20)14-5-6-17-18(10-14)26-12-25-17/h3-8,10-11,13,16H,9,12H2,1-2H3,(H,21,22,24). The predicted molar refractivity (Wildman–Crippen MR) is 105 cm³/mol. The number of aromatic nitrogens is 2. The number of carbonyl (C=O) groups is 1. The van der Waals surface area contributed by atoms with Crippen LogP contribution in [0.2, 0.25) is 0 Å². The van der Waals surface area contributed by atoms with Crippen LogP contribution in [0.1, 0.15) is 26.3 Å². The molecule has 1 amide bonds. The number of fused-ring (bicyclic) bond motifs is 1. The normalized spacial score (nSPS) is 13.7. The van der Waals surface area contributed by atoms with Crippen molar-refractivity contribution in [2.75, 3.05) is 12.1 Å². The fourth-order valence-corrected chi connectivity index (χ4v) is 3.80. The Kier molecular flexibility index (Phi) is 4.85. The maximum atomic E-state index is 12.8. The van der Waals surface area contributed by atoms with Crippen LogP contribution in [0.4, 0.5) is 5.13 Å². The van der Waals surface area contributed by atoms with Crippen LogP contribution < -0.4 is 14.8 Å². The van der Waals surface area contributed by atoms with E-state index in [0.29, 0.717) is 11.0 Å². The van der Waals surface area contributed by atoms with Crippen molar-refractivity contribution in [3.8, 4) is 22.8 Å². The van der Waals surface area contributed by atoms with Gasteiger partial charge in [0.15, 0.2) is 16.6 Å². The molecule has 0 spiro atoms. The molecule has 3 heterocycles. The van der Waals surface area contributed by atoms with Gasteiger partial charge in [-0.1, -0.05) is 13.8 Å². The van der Waals surface area contributed by atoms with Gasteiger partial charge in [-0.25, -0.2) is 4.98 Å². The molecule has 0 radical (unpaired) electrons. The van der Waals surface area contributed by atoms with Crippen molar-refractivity contribution in [1.82, 2.24) is 9.55 Å². The lowest BCUT2D eigenvalue weighted by Gasteiger charge is -2.19. The highest BCUT2D eigenvalue weighted by Gasteiger charge is 2.22. The van der Waals surface area contributed by atoms with Crippen molar-refractivity contribution in [2.24, 2.45) is 5.92 Å². The highest BCUT2D eigenvalue weighted by molar-refractivity contribution is 7.14. The summed E-state index contributed by atoms with van der Waals surface area (Å²) in [6, 6.07) is 9.33. The first-order valence-electron chi connectivity index (χ1n) is 8.89. The van der Waals surface area contributed by atoms with Crippen LogP contribution in [0.5, 0.6) is 11.5 Å². The van der Waals surface area contributed by atoms with E-state index < -0.39 is 0 Å². The fraction of sp³-hybridized carbons (Fsp3) is 0.300. The highest BCUT2D eigenvalue weighted by atomic mass is 32.1. The molecule has 0 fully saturated rings. The smallest absolute Gasteiger partial charge is 0.249 e. The molecule has 1 aromatic carbocycles. The van der Waals surface area contributed by atoms with Crippen LogP contribution in [0.15, 0.2) is 48.1 Å². The van der Waals surface area contributed by atoms with E-state index in [-0.39, 0.29) is 18.7 Å². The van der Waals surface area contributed by atoms with Crippen LogP contribution in [0, 0.1) is 5.92 Å². The summed E-state index contributed by atoms with van der Waals surface area (Å²) in [6.45, 7) is 4.48. The van der Waals surface area contributed by atoms with Gasteiger partial charge < -0.3 is 19.4 Å². The van der Waals surface area contributed by atoms with Crippen LogP contribution in [-0.2, 0) is 4.79 Å². The molecule has 1 aliphatic rings. The zero-order valence-electron chi connectivity index (χ0n) is 15.2. The first kappa shape index (κ1) is 17.6. The second-order valence-corrected chi connectivity index (χ2v) is 7.73. The summed E-state index contributed by atoms with van der Waals surface area (Å²) in [5, 5.41) is 5.49. The molecule has 1 N–H and O–H groups in total. The van der Waals surface area contributed by atoms with E-state index in [0.717, 1.165) is 29.2 Å². The van der Waals surface area contributed by atoms with Crippen molar-refractivity contribution in [1.29, 1.82) is 0 Å². The van der Waals surface area contributed by atoms with Gasteiger partial charge in [0.25, 0.3) is 0 Å². The van der Waals surface area contributed by atoms with Gasteiger partial charge >= 0.3 is 0 Å². The Morgan fingerprint density at radius 3 is 2.81 bits per heavy atom. The molecule has 0 saturated carbocycles. The number of nitrogens with one attached hydrogen (secondary N) is 1. The minimum absolute atomic E-state index is 0.0495. The summed E-state index contributed by atoms with van der Waals surface area (Å²) in [6.07, 6.45) is 4.61. The predicted octanol–water partition coefficient (Wildman–Crippen LogP) is 4.57. The maximum Gasteiger partial charge on any atom is 0.249 e. The monoisotopic (exact) mass is 383 g/mol. The van der Waals surface area contributed by atoms with Crippen molar-refractivity contribution < 1.29 is 14.3 Å². The summed E-state index contributed by atoms with van der Waals surface area (Å²) >= 11 is 1.42. The molecule has 1 unspecified atom stereocenters. The van der Waals surface area contributed by atoms with E-state index in [1.165, 1.54) is 11.3 Å². The first-order chi connectivity index (χ1) is 13.1. The van der Waals surface area contributed by atoms with E-state index in [2.05, 4.69) is 24.1 Å². The number of benzene rings is 1. The van der Waals surface area contributed by atoms with Gasteiger partial charge in [0, 0.05) is 23.3 Å². The number of thiazole rings is 1. The Morgan fingerprint density at radius 2 is 2.04 bits per heavy atom. The zero-order chi connectivity index (χ0) is 18.8. The third kappa shape index (κ3) is 3.83. The Balaban J connectivity index is 1.50. The topological polar surface area (TPSA) is 65.4 Å². The van der Waals surface area contributed by atoms with Crippen LogP contribution >= 0.6 is 11.3 Å². The molecule has 6 nitrogen and oxygen atoms in total. The molecule has 0 saturated heterocycles. The molecule has 3 aromatic rings. The van der Waals surface area contributed by atoms with Gasteiger partial charge in [0.2, 0.25) is 12.7 Å². The number of amides is 1. The zero-order valence-corrected chi connectivity index (χ0v) is 16.0. The number of hydrogen-bond donors (Lipinski definition) is 1. The summed E-state index contributed by atoms with van der Waals surface area (Å²) in [5.74, 6) is 1.82. The van der Waals surface area contributed by atoms with E-state index in [1.807, 2.05) is 52.7 Å². The fourth-order valence-electron chi connectivity index (χ4n) is 3.07. The lowest BCUT2D eigenvalue weighted by Crippen LogP contribution is -2.26. The van der Waals surface area contributed by atoms with Crippen molar-refractivity contribution >= 4 is 22.4 Å². The molecule has 2 aromatic heterocycles. The Hall–Kier alpha value is -2.80. The molecule has 27 heavy (non-hydrogen) atoms. The van der Waals surface area contributed by atoms with E-state index in [1.54, 1.807) is 0 Å². The molecule has 0 aliphatic carbocycles. The summed E-state index contributed by atoms with van der Waals surface area (Å²) in [5.41, 5.74) is 1.73. The van der Waals surface area contributed by atoms with Crippen molar-refractivity contribution in [2.45, 2.75) is 26.3 Å². The van der Waals surface area contributed by atoms with Gasteiger partial charge in [-0.05, 0) is 42.7 Å². The quantitative estimate of drug-likeness (QED) is 0.677. The Labute approximate surface area is 161 Å². The largest absolute Gasteiger partial charge is 0.454 e. The van der Waals surface area contributed by atoms with Crippen LogP contribution in [0.25, 0.3) is 11.3 Å². The summed E-state index contributed by atoms with van der Waals surface area (Å²) < 4.78 is 12.7. The Bertz CT molecular complexity index is 934. The van der Waals surface area contributed by atoms with Gasteiger partial charge in [-0.15, -0.1) is 11.3 Å².